The van der Waals surface area contributed by atoms with E-state index in [4.69, 9.17) is 23.2 Å². The van der Waals surface area contributed by atoms with Gasteiger partial charge in [-0.25, -0.2) is 8.42 Å². The Labute approximate surface area is 114 Å². The Morgan fingerprint density at radius 2 is 1.89 bits per heavy atom. The van der Waals surface area contributed by atoms with Crippen LogP contribution in [0.15, 0.2) is 23.1 Å². The van der Waals surface area contributed by atoms with Gasteiger partial charge in [0, 0.05) is 5.02 Å². The molecule has 4 nitrogen and oxygen atoms in total. The lowest BCUT2D eigenvalue weighted by Gasteiger charge is -2.36. The molecule has 7 heteroatoms. The van der Waals surface area contributed by atoms with Crippen LogP contribution in [0.2, 0.25) is 10.0 Å². The quantitative estimate of drug-likeness (QED) is 0.932. The number of sulfone groups is 1. The molecule has 18 heavy (non-hydrogen) atoms. The lowest BCUT2D eigenvalue weighted by Crippen LogP contribution is -2.52. The number of carbonyl (C=O) groups is 1. The Hall–Kier alpha value is -0.780. The van der Waals surface area contributed by atoms with Crippen molar-refractivity contribution in [3.8, 4) is 0 Å². The minimum atomic E-state index is -4.03. The van der Waals surface area contributed by atoms with Gasteiger partial charge in [-0.05, 0) is 37.5 Å². The molecule has 0 spiro atoms. The lowest BCUT2D eigenvalue weighted by molar-refractivity contribution is -0.142. The van der Waals surface area contributed by atoms with Crippen LogP contribution in [0.1, 0.15) is 19.3 Å². The van der Waals surface area contributed by atoms with Gasteiger partial charge in [0.05, 0.1) is 9.92 Å². The fraction of sp³-hybridized carbons (Fsp3) is 0.364. The third-order valence-corrected chi connectivity index (χ3v) is 6.45. The first kappa shape index (κ1) is 13.6. The van der Waals surface area contributed by atoms with E-state index in [1.807, 2.05) is 0 Å². The van der Waals surface area contributed by atoms with Gasteiger partial charge in [0.1, 0.15) is 0 Å². The van der Waals surface area contributed by atoms with Crippen LogP contribution in [0.4, 0.5) is 0 Å². The average Bonchev–Trinajstić information content (AvgIpc) is 2.18. The van der Waals surface area contributed by atoms with Crippen molar-refractivity contribution in [2.45, 2.75) is 28.9 Å². The zero-order valence-corrected chi connectivity index (χ0v) is 11.5. The molecular formula is C11H10Cl2O4S. The predicted octanol–water partition coefficient (Wildman–Crippen LogP) is 2.77. The maximum absolute atomic E-state index is 12.4. The van der Waals surface area contributed by atoms with Crippen molar-refractivity contribution in [3.63, 3.8) is 0 Å². The van der Waals surface area contributed by atoms with Gasteiger partial charge in [0.15, 0.2) is 14.6 Å². The first-order chi connectivity index (χ1) is 8.31. The maximum atomic E-state index is 12.4. The molecule has 0 saturated heterocycles. The normalized spacial score (nSPS) is 18.1. The second kappa shape index (κ2) is 4.40. The van der Waals surface area contributed by atoms with E-state index < -0.39 is 20.6 Å². The highest BCUT2D eigenvalue weighted by atomic mass is 35.5. The van der Waals surface area contributed by atoms with Crippen LogP contribution < -0.4 is 0 Å². The molecule has 98 valence electrons. The van der Waals surface area contributed by atoms with Crippen LogP contribution in [0, 0.1) is 0 Å². The molecule has 1 fully saturated rings. The zero-order chi connectivity index (χ0) is 13.6. The molecule has 0 bridgehead atoms. The van der Waals surface area contributed by atoms with Crippen molar-refractivity contribution in [2.24, 2.45) is 0 Å². The number of halogens is 2. The topological polar surface area (TPSA) is 71.4 Å². The summed E-state index contributed by atoms with van der Waals surface area (Å²) in [6.07, 6.45) is 0.782. The zero-order valence-electron chi connectivity index (χ0n) is 9.19. The Morgan fingerprint density at radius 1 is 1.28 bits per heavy atom. The molecule has 0 atom stereocenters. The first-order valence-corrected chi connectivity index (χ1v) is 7.48. The molecule has 0 heterocycles. The largest absolute Gasteiger partial charge is 0.480 e. The predicted molar refractivity (Wildman–Crippen MR) is 67.9 cm³/mol. The molecule has 0 unspecified atom stereocenters. The van der Waals surface area contributed by atoms with Crippen molar-refractivity contribution >= 4 is 39.0 Å². The highest BCUT2D eigenvalue weighted by Gasteiger charge is 2.56. The first-order valence-electron chi connectivity index (χ1n) is 5.24. The van der Waals surface area contributed by atoms with Crippen LogP contribution in [-0.4, -0.2) is 24.2 Å². The number of carboxylic acid groups (broad SMARTS) is 1. The number of hydrogen-bond donors (Lipinski definition) is 1. The summed E-state index contributed by atoms with van der Waals surface area (Å²) in [4.78, 5) is 11.1. The fourth-order valence-corrected chi connectivity index (χ4v) is 4.73. The van der Waals surface area contributed by atoms with Gasteiger partial charge in [0.25, 0.3) is 0 Å². The Balaban J connectivity index is 2.62. The van der Waals surface area contributed by atoms with E-state index in [1.165, 1.54) is 18.2 Å². The third-order valence-electron chi connectivity index (χ3n) is 3.25. The van der Waals surface area contributed by atoms with Crippen LogP contribution in [0.5, 0.6) is 0 Å². The van der Waals surface area contributed by atoms with Crippen LogP contribution in [0.3, 0.4) is 0 Å². The molecule has 1 aliphatic rings. The van der Waals surface area contributed by atoms with E-state index >= 15 is 0 Å². The van der Waals surface area contributed by atoms with Gasteiger partial charge in [-0.15, -0.1) is 0 Å². The monoisotopic (exact) mass is 308 g/mol. The van der Waals surface area contributed by atoms with Gasteiger partial charge in [-0.2, -0.15) is 0 Å². The van der Waals surface area contributed by atoms with Crippen molar-refractivity contribution in [2.75, 3.05) is 0 Å². The molecule has 1 aromatic carbocycles. The van der Waals surface area contributed by atoms with Crippen molar-refractivity contribution in [1.29, 1.82) is 0 Å². The lowest BCUT2D eigenvalue weighted by atomic mass is 9.84. The maximum Gasteiger partial charge on any atom is 0.325 e. The second-order valence-electron chi connectivity index (χ2n) is 4.23. The van der Waals surface area contributed by atoms with Gasteiger partial charge in [-0.3, -0.25) is 4.79 Å². The van der Waals surface area contributed by atoms with Crippen LogP contribution >= 0.6 is 23.2 Å². The summed E-state index contributed by atoms with van der Waals surface area (Å²) in [5, 5.41) is 9.38. The molecule has 0 aliphatic heterocycles. The molecule has 1 aromatic rings. The highest BCUT2D eigenvalue weighted by molar-refractivity contribution is 7.93. The standard InChI is InChI=1S/C11H10Cl2O4S/c12-7-2-3-8(13)9(6-7)18(16,17)11(10(14)15)4-1-5-11/h2-3,6H,1,4-5H2,(H,14,15). The minimum Gasteiger partial charge on any atom is -0.480 e. The number of rotatable bonds is 3. The van der Waals surface area contributed by atoms with E-state index in [0.29, 0.717) is 6.42 Å². The summed E-state index contributed by atoms with van der Waals surface area (Å²) in [5.41, 5.74) is 0. The summed E-state index contributed by atoms with van der Waals surface area (Å²) in [7, 11) is -4.03. The number of carboxylic acids is 1. The van der Waals surface area contributed by atoms with Crippen molar-refractivity contribution in [3.05, 3.63) is 28.2 Å². The SMILES string of the molecule is O=C(O)C1(S(=O)(=O)c2cc(Cl)ccc2Cl)CCC1. The minimum absolute atomic E-state index is 0.00748. The molecule has 2 rings (SSSR count). The van der Waals surface area contributed by atoms with Crippen molar-refractivity contribution in [1.82, 2.24) is 0 Å². The van der Waals surface area contributed by atoms with E-state index in [2.05, 4.69) is 0 Å². The molecule has 1 N–H and O–H groups in total. The third kappa shape index (κ3) is 1.81. The van der Waals surface area contributed by atoms with Crippen LogP contribution in [-0.2, 0) is 14.6 Å². The van der Waals surface area contributed by atoms with E-state index in [-0.39, 0.29) is 27.8 Å². The summed E-state index contributed by atoms with van der Waals surface area (Å²) in [5.74, 6) is -1.33. The summed E-state index contributed by atoms with van der Waals surface area (Å²) in [6, 6.07) is 4.00. The van der Waals surface area contributed by atoms with Gasteiger partial charge >= 0.3 is 5.97 Å². The number of hydrogen-bond acceptors (Lipinski definition) is 3. The van der Waals surface area contributed by atoms with E-state index in [0.717, 1.165) is 0 Å². The van der Waals surface area contributed by atoms with Crippen LogP contribution in [0.25, 0.3) is 0 Å². The Bertz CT molecular complexity index is 605. The summed E-state index contributed by atoms with van der Waals surface area (Å²) < 4.78 is 23.1. The van der Waals surface area contributed by atoms with Crippen molar-refractivity contribution < 1.29 is 18.3 Å². The smallest absolute Gasteiger partial charge is 0.325 e. The van der Waals surface area contributed by atoms with Gasteiger partial charge in [-0.1, -0.05) is 23.2 Å². The van der Waals surface area contributed by atoms with E-state index in [9.17, 15) is 18.3 Å². The summed E-state index contributed by atoms with van der Waals surface area (Å²) >= 11 is 11.6. The Morgan fingerprint density at radius 3 is 2.33 bits per heavy atom. The molecule has 0 radical (unpaired) electrons. The Kier molecular flexibility index (Phi) is 3.34. The fourth-order valence-electron chi connectivity index (χ4n) is 1.99. The summed E-state index contributed by atoms with van der Waals surface area (Å²) in [6.45, 7) is 0. The molecule has 1 aliphatic carbocycles. The second-order valence-corrected chi connectivity index (χ2v) is 7.30. The average molecular weight is 309 g/mol. The molecule has 0 aromatic heterocycles. The van der Waals surface area contributed by atoms with Gasteiger partial charge in [0.2, 0.25) is 0 Å². The van der Waals surface area contributed by atoms with Gasteiger partial charge < -0.3 is 5.11 Å². The molecule has 1 saturated carbocycles. The number of benzene rings is 1. The number of aliphatic carboxylic acids is 1. The molecule has 0 amide bonds. The van der Waals surface area contributed by atoms with E-state index in [1.54, 1.807) is 0 Å². The molecular weight excluding hydrogens is 299 g/mol. The highest BCUT2D eigenvalue weighted by Crippen LogP contribution is 2.44.